The number of nitrogens with zero attached hydrogens (tertiary/aromatic N) is 1. The van der Waals surface area contributed by atoms with E-state index >= 15 is 0 Å². The van der Waals surface area contributed by atoms with Crippen LogP contribution in [0.25, 0.3) is 0 Å². The van der Waals surface area contributed by atoms with Gasteiger partial charge in [0, 0.05) is 0 Å². The molecule has 4 nitrogen and oxygen atoms in total. The zero-order chi connectivity index (χ0) is 14.8. The van der Waals surface area contributed by atoms with Gasteiger partial charge in [-0.1, -0.05) is 18.2 Å². The third kappa shape index (κ3) is 1.30. The molecular weight excluding hydrogens is 266 g/mol. The minimum absolute atomic E-state index is 0.101. The van der Waals surface area contributed by atoms with Gasteiger partial charge in [-0.3, -0.25) is 9.59 Å². The molecule has 1 aromatic carbocycles. The van der Waals surface area contributed by atoms with E-state index in [1.54, 1.807) is 0 Å². The molecule has 0 saturated carbocycles. The molecule has 3 fully saturated rings. The smallest absolute Gasteiger partial charge is 0.243 e. The number of imide groups is 1. The van der Waals surface area contributed by atoms with Gasteiger partial charge < -0.3 is 4.74 Å². The van der Waals surface area contributed by atoms with Crippen LogP contribution in [0.15, 0.2) is 30.3 Å². The first kappa shape index (κ1) is 13.0. The van der Waals surface area contributed by atoms with Crippen molar-refractivity contribution >= 4 is 17.5 Å². The van der Waals surface area contributed by atoms with Crippen molar-refractivity contribution < 1.29 is 14.3 Å². The van der Waals surface area contributed by atoms with Gasteiger partial charge in [-0.15, -0.1) is 0 Å². The second kappa shape index (κ2) is 3.95. The summed E-state index contributed by atoms with van der Waals surface area (Å²) in [6, 6.07) is 9.23. The van der Waals surface area contributed by atoms with Crippen molar-refractivity contribution in [3.05, 3.63) is 30.3 Å². The topological polar surface area (TPSA) is 46.6 Å². The van der Waals surface area contributed by atoms with Gasteiger partial charge in [0.25, 0.3) is 0 Å². The van der Waals surface area contributed by atoms with E-state index in [1.807, 2.05) is 44.2 Å². The number of ether oxygens (including phenoxy) is 1. The molecule has 4 atom stereocenters. The molecule has 0 radical (unpaired) electrons. The average molecular weight is 285 g/mol. The fourth-order valence-electron chi connectivity index (χ4n) is 4.43. The van der Waals surface area contributed by atoms with Crippen LogP contribution in [0.2, 0.25) is 0 Å². The van der Waals surface area contributed by atoms with Crippen molar-refractivity contribution in [2.45, 2.75) is 45.3 Å². The summed E-state index contributed by atoms with van der Waals surface area (Å²) in [5, 5.41) is 0. The van der Waals surface area contributed by atoms with Crippen molar-refractivity contribution in [1.29, 1.82) is 0 Å². The Morgan fingerprint density at radius 3 is 2.05 bits per heavy atom. The van der Waals surface area contributed by atoms with Gasteiger partial charge in [0.05, 0.1) is 28.7 Å². The highest BCUT2D eigenvalue weighted by molar-refractivity contribution is 6.25. The second-order valence-electron chi connectivity index (χ2n) is 6.73. The molecule has 3 heterocycles. The van der Waals surface area contributed by atoms with E-state index in [-0.39, 0.29) is 24.0 Å². The Morgan fingerprint density at radius 2 is 1.52 bits per heavy atom. The Bertz CT molecular complexity index is 594. The molecule has 0 aromatic heterocycles. The maximum atomic E-state index is 13.1. The van der Waals surface area contributed by atoms with Crippen LogP contribution in [-0.2, 0) is 14.3 Å². The lowest BCUT2D eigenvalue weighted by molar-refractivity contribution is -0.130. The molecule has 3 aliphatic rings. The first-order valence-electron chi connectivity index (χ1n) is 7.61. The van der Waals surface area contributed by atoms with Crippen molar-refractivity contribution in [1.82, 2.24) is 0 Å². The predicted octanol–water partition coefficient (Wildman–Crippen LogP) is 2.52. The molecule has 110 valence electrons. The quantitative estimate of drug-likeness (QED) is 0.745. The molecule has 3 aliphatic heterocycles. The van der Waals surface area contributed by atoms with Crippen molar-refractivity contribution in [3.63, 3.8) is 0 Å². The van der Waals surface area contributed by atoms with Crippen LogP contribution in [0.4, 0.5) is 5.69 Å². The first-order chi connectivity index (χ1) is 10.0. The van der Waals surface area contributed by atoms with E-state index in [1.165, 1.54) is 4.90 Å². The molecule has 2 bridgehead atoms. The Hall–Kier alpha value is -1.68. The summed E-state index contributed by atoms with van der Waals surface area (Å²) in [5.41, 5.74) is -0.801. The van der Waals surface area contributed by atoms with E-state index in [0.29, 0.717) is 5.69 Å². The molecule has 3 saturated heterocycles. The number of hydrogen-bond acceptors (Lipinski definition) is 3. The number of hydrogen-bond donors (Lipinski definition) is 0. The van der Waals surface area contributed by atoms with Crippen LogP contribution in [0.1, 0.15) is 33.1 Å². The summed E-state index contributed by atoms with van der Waals surface area (Å²) < 4.78 is 6.03. The summed E-state index contributed by atoms with van der Waals surface area (Å²) >= 11 is 0. The maximum absolute atomic E-state index is 13.1. The Morgan fingerprint density at radius 1 is 1.00 bits per heavy atom. The van der Waals surface area contributed by atoms with E-state index in [9.17, 15) is 9.59 Å². The lowest BCUT2D eigenvalue weighted by atomic mass is 9.64. The second-order valence-corrected chi connectivity index (χ2v) is 6.73. The number of carbonyl (C=O) groups is 2. The van der Waals surface area contributed by atoms with Gasteiger partial charge in [0.1, 0.15) is 0 Å². The number of para-hydroxylation sites is 1. The van der Waals surface area contributed by atoms with E-state index in [4.69, 9.17) is 4.74 Å². The molecule has 21 heavy (non-hydrogen) atoms. The highest BCUT2D eigenvalue weighted by Crippen LogP contribution is 2.63. The van der Waals surface area contributed by atoms with Gasteiger partial charge in [-0.05, 0) is 45.2 Å². The number of benzene rings is 1. The third-order valence-electron chi connectivity index (χ3n) is 5.94. The maximum Gasteiger partial charge on any atom is 0.243 e. The Kier molecular flexibility index (Phi) is 2.45. The average Bonchev–Trinajstić information content (AvgIpc) is 2.78. The minimum Gasteiger partial charge on any atom is -0.373 e. The van der Waals surface area contributed by atoms with Crippen molar-refractivity contribution in [2.24, 2.45) is 10.8 Å². The summed E-state index contributed by atoms with van der Waals surface area (Å²) in [6.45, 7) is 3.85. The van der Waals surface area contributed by atoms with E-state index in [2.05, 4.69) is 0 Å². The number of anilines is 1. The number of amides is 2. The summed E-state index contributed by atoms with van der Waals surface area (Å²) in [4.78, 5) is 27.6. The van der Waals surface area contributed by atoms with E-state index in [0.717, 1.165) is 19.3 Å². The summed E-state index contributed by atoms with van der Waals surface area (Å²) in [5.74, 6) is -0.203. The lowest BCUT2D eigenvalue weighted by Gasteiger charge is -2.30. The molecule has 0 aliphatic carbocycles. The molecule has 4 unspecified atom stereocenters. The third-order valence-corrected chi connectivity index (χ3v) is 5.94. The van der Waals surface area contributed by atoms with Crippen LogP contribution < -0.4 is 4.90 Å². The molecule has 1 aromatic rings. The number of fused-ring (bicyclic) bond motifs is 5. The normalized spacial score (nSPS) is 41.5. The largest absolute Gasteiger partial charge is 0.373 e. The first-order valence-corrected chi connectivity index (χ1v) is 7.61. The highest BCUT2D eigenvalue weighted by Gasteiger charge is 2.75. The Balaban J connectivity index is 1.87. The minimum atomic E-state index is -0.735. The number of rotatable bonds is 1. The van der Waals surface area contributed by atoms with Gasteiger partial charge >= 0.3 is 0 Å². The molecular formula is C17H19NO3. The van der Waals surface area contributed by atoms with Crippen LogP contribution >= 0.6 is 0 Å². The molecule has 0 spiro atoms. The summed E-state index contributed by atoms with van der Waals surface area (Å²) in [6.07, 6.45) is 2.50. The van der Waals surface area contributed by atoms with Gasteiger partial charge in [0.15, 0.2) is 0 Å². The van der Waals surface area contributed by atoms with Gasteiger partial charge in [0.2, 0.25) is 11.8 Å². The standard InChI is InChI=1S/C17H19NO3/c1-16-12-9-6-10-13(21-12)17(16,2)15(20)18(14(16)19)11-7-4-3-5-8-11/h3-5,7-8,12-13H,6,9-10H2,1-2H3. The van der Waals surface area contributed by atoms with Gasteiger partial charge in [-0.25, -0.2) is 4.90 Å². The zero-order valence-electron chi connectivity index (χ0n) is 12.3. The molecule has 0 N–H and O–H groups in total. The lowest BCUT2D eigenvalue weighted by Crippen LogP contribution is -2.44. The summed E-state index contributed by atoms with van der Waals surface area (Å²) in [7, 11) is 0. The SMILES string of the molecule is CC12C(=O)N(c3ccccc3)C(=O)C1(C)C1CCCC2O1. The van der Waals surface area contributed by atoms with Crippen molar-refractivity contribution in [2.75, 3.05) is 4.90 Å². The Labute approximate surface area is 124 Å². The van der Waals surface area contributed by atoms with Crippen LogP contribution in [-0.4, -0.2) is 24.0 Å². The van der Waals surface area contributed by atoms with Crippen LogP contribution in [0.5, 0.6) is 0 Å². The number of carbonyl (C=O) groups excluding carboxylic acids is 2. The zero-order valence-corrected chi connectivity index (χ0v) is 12.3. The molecule has 4 heteroatoms. The molecule has 4 rings (SSSR count). The van der Waals surface area contributed by atoms with Crippen LogP contribution in [0.3, 0.4) is 0 Å². The van der Waals surface area contributed by atoms with Gasteiger partial charge in [-0.2, -0.15) is 0 Å². The molecule has 2 amide bonds. The van der Waals surface area contributed by atoms with Crippen LogP contribution in [0, 0.1) is 10.8 Å². The highest BCUT2D eigenvalue weighted by atomic mass is 16.5. The fraction of sp³-hybridized carbons (Fsp3) is 0.529. The monoisotopic (exact) mass is 285 g/mol. The van der Waals surface area contributed by atoms with Crippen molar-refractivity contribution in [3.8, 4) is 0 Å². The predicted molar refractivity (Wildman–Crippen MR) is 77.7 cm³/mol. The fourth-order valence-corrected chi connectivity index (χ4v) is 4.43. The van der Waals surface area contributed by atoms with E-state index < -0.39 is 10.8 Å².